The van der Waals surface area contributed by atoms with Gasteiger partial charge in [0.25, 0.3) is 0 Å². The van der Waals surface area contributed by atoms with Crippen LogP contribution in [0.5, 0.6) is 0 Å². The van der Waals surface area contributed by atoms with Gasteiger partial charge in [-0.15, -0.1) is 0 Å². The molecule has 0 fully saturated rings. The minimum atomic E-state index is -4.96. The lowest BCUT2D eigenvalue weighted by Crippen LogP contribution is -2.25. The van der Waals surface area contributed by atoms with Crippen LogP contribution < -0.4 is 0 Å². The number of hydrogen-bond acceptors (Lipinski definition) is 7. The SMILES string of the molecule is CCC(CS(=O)(=O)[O-])OS(=O)(=O)[O-]. The van der Waals surface area contributed by atoms with Crippen molar-refractivity contribution in [2.75, 3.05) is 5.75 Å². The van der Waals surface area contributed by atoms with Gasteiger partial charge in [0.15, 0.2) is 0 Å². The summed E-state index contributed by atoms with van der Waals surface area (Å²) in [6.07, 6.45) is -1.45. The molecule has 80 valence electrons. The van der Waals surface area contributed by atoms with Crippen LogP contribution in [0.2, 0.25) is 0 Å². The summed E-state index contributed by atoms with van der Waals surface area (Å²) in [7, 11) is -9.55. The topological polar surface area (TPSA) is 124 Å². The normalized spacial score (nSPS) is 15.6. The van der Waals surface area contributed by atoms with E-state index in [1.165, 1.54) is 6.92 Å². The molecular weight excluding hydrogens is 224 g/mol. The van der Waals surface area contributed by atoms with Crippen LogP contribution in [0.4, 0.5) is 0 Å². The minimum absolute atomic E-state index is 0.0526. The Kier molecular flexibility index (Phi) is 4.26. The molecule has 0 saturated carbocycles. The summed E-state index contributed by atoms with van der Waals surface area (Å²) in [5.41, 5.74) is 0. The van der Waals surface area contributed by atoms with Crippen LogP contribution in [-0.4, -0.2) is 37.8 Å². The van der Waals surface area contributed by atoms with Gasteiger partial charge in [0.2, 0.25) is 10.4 Å². The molecule has 0 aliphatic heterocycles. The highest BCUT2D eigenvalue weighted by Crippen LogP contribution is 2.04. The van der Waals surface area contributed by atoms with E-state index in [0.29, 0.717) is 0 Å². The second kappa shape index (κ2) is 4.33. The van der Waals surface area contributed by atoms with E-state index in [1.807, 2.05) is 0 Å². The lowest BCUT2D eigenvalue weighted by molar-refractivity contribution is 0.190. The van der Waals surface area contributed by atoms with E-state index >= 15 is 0 Å². The maximum Gasteiger partial charge on any atom is 0.217 e. The zero-order valence-electron chi connectivity index (χ0n) is 6.67. The van der Waals surface area contributed by atoms with E-state index in [4.69, 9.17) is 0 Å². The Morgan fingerprint density at radius 1 is 1.23 bits per heavy atom. The van der Waals surface area contributed by atoms with Crippen molar-refractivity contribution in [2.45, 2.75) is 19.4 Å². The molecule has 7 nitrogen and oxygen atoms in total. The lowest BCUT2D eigenvalue weighted by Gasteiger charge is -2.18. The summed E-state index contributed by atoms with van der Waals surface area (Å²) in [5.74, 6) is -1.02. The molecule has 0 aromatic carbocycles. The van der Waals surface area contributed by atoms with Gasteiger partial charge < -0.3 is 9.11 Å². The molecule has 13 heavy (non-hydrogen) atoms. The number of hydrogen-bond donors (Lipinski definition) is 0. The first-order valence-corrected chi connectivity index (χ1v) is 6.13. The van der Waals surface area contributed by atoms with Crippen LogP contribution in [0, 0.1) is 0 Å². The van der Waals surface area contributed by atoms with Crippen molar-refractivity contribution in [2.24, 2.45) is 0 Å². The average Bonchev–Trinajstić information content (AvgIpc) is 1.79. The molecule has 0 rings (SSSR count). The van der Waals surface area contributed by atoms with Gasteiger partial charge in [-0.25, -0.2) is 16.8 Å². The highest BCUT2D eigenvalue weighted by atomic mass is 32.3. The van der Waals surface area contributed by atoms with Crippen molar-refractivity contribution >= 4 is 20.5 Å². The molecule has 0 spiro atoms. The van der Waals surface area contributed by atoms with Crippen LogP contribution in [-0.2, 0) is 24.7 Å². The van der Waals surface area contributed by atoms with Crippen molar-refractivity contribution < 1.29 is 30.1 Å². The van der Waals surface area contributed by atoms with Crippen molar-refractivity contribution in [1.82, 2.24) is 0 Å². The molecule has 0 heterocycles. The van der Waals surface area contributed by atoms with E-state index in [9.17, 15) is 25.9 Å². The third-order valence-corrected chi connectivity index (χ3v) is 2.39. The van der Waals surface area contributed by atoms with Gasteiger partial charge in [0.05, 0.1) is 22.0 Å². The first kappa shape index (κ1) is 12.8. The Morgan fingerprint density at radius 2 is 1.69 bits per heavy atom. The Hall–Kier alpha value is -0.220. The Labute approximate surface area is 76.4 Å². The molecule has 0 aliphatic rings. The summed E-state index contributed by atoms with van der Waals surface area (Å²) in [6, 6.07) is 0. The van der Waals surface area contributed by atoms with Gasteiger partial charge in [0.1, 0.15) is 0 Å². The Balaban J connectivity index is 4.39. The maximum atomic E-state index is 10.2. The molecule has 0 saturated heterocycles. The first-order valence-electron chi connectivity index (χ1n) is 3.21. The van der Waals surface area contributed by atoms with Gasteiger partial charge in [-0.3, -0.25) is 4.18 Å². The first-order chi connectivity index (χ1) is 5.64. The van der Waals surface area contributed by atoms with Crippen molar-refractivity contribution in [3.8, 4) is 0 Å². The fourth-order valence-electron chi connectivity index (χ4n) is 0.608. The Morgan fingerprint density at radius 3 is 1.92 bits per heavy atom. The summed E-state index contributed by atoms with van der Waals surface area (Å²) in [4.78, 5) is 0. The molecule has 9 heteroatoms. The second-order valence-corrected chi connectivity index (χ2v) is 4.72. The zero-order valence-corrected chi connectivity index (χ0v) is 8.30. The van der Waals surface area contributed by atoms with Gasteiger partial charge in [-0.2, -0.15) is 0 Å². The molecule has 1 unspecified atom stereocenters. The fraction of sp³-hybridized carbons (Fsp3) is 1.00. The predicted molar refractivity (Wildman–Crippen MR) is 39.4 cm³/mol. The predicted octanol–water partition coefficient (Wildman–Crippen LogP) is -1.21. The fourth-order valence-corrected chi connectivity index (χ4v) is 1.99. The highest BCUT2D eigenvalue weighted by molar-refractivity contribution is 7.85. The van der Waals surface area contributed by atoms with Gasteiger partial charge >= 0.3 is 0 Å². The van der Waals surface area contributed by atoms with Crippen LogP contribution in [0.25, 0.3) is 0 Å². The smallest absolute Gasteiger partial charge is 0.217 e. The summed E-state index contributed by atoms with van der Waals surface area (Å²) < 4.78 is 64.3. The Bertz CT molecular complexity index is 305. The molecule has 0 aromatic rings. The average molecular weight is 232 g/mol. The second-order valence-electron chi connectivity index (χ2n) is 2.26. The van der Waals surface area contributed by atoms with Gasteiger partial charge in [-0.1, -0.05) is 6.92 Å². The van der Waals surface area contributed by atoms with Crippen LogP contribution in [0.15, 0.2) is 0 Å². The van der Waals surface area contributed by atoms with Crippen molar-refractivity contribution in [3.05, 3.63) is 0 Å². The maximum absolute atomic E-state index is 10.2. The summed E-state index contributed by atoms with van der Waals surface area (Å²) in [6.45, 7) is 1.39. The number of rotatable bonds is 5. The molecule has 0 N–H and O–H groups in total. The molecule has 0 amide bonds. The molecule has 0 aliphatic carbocycles. The molecule has 0 bridgehead atoms. The standard InChI is InChI=1S/C4H10O7S2/c1-2-4(3-12(5,6)7)11-13(8,9)10/h4H,2-3H2,1H3,(H,5,6,7)(H,8,9,10)/p-2. The monoisotopic (exact) mass is 232 g/mol. The summed E-state index contributed by atoms with van der Waals surface area (Å²) >= 11 is 0. The molecular formula is C4H8O7S2-2. The quantitative estimate of drug-likeness (QED) is 0.430. The van der Waals surface area contributed by atoms with E-state index in [-0.39, 0.29) is 6.42 Å². The summed E-state index contributed by atoms with van der Waals surface area (Å²) in [5, 5.41) is 0. The van der Waals surface area contributed by atoms with Crippen LogP contribution >= 0.6 is 0 Å². The van der Waals surface area contributed by atoms with Gasteiger partial charge in [-0.05, 0) is 6.42 Å². The van der Waals surface area contributed by atoms with E-state index in [0.717, 1.165) is 0 Å². The van der Waals surface area contributed by atoms with Crippen molar-refractivity contribution in [3.63, 3.8) is 0 Å². The highest BCUT2D eigenvalue weighted by Gasteiger charge is 2.13. The van der Waals surface area contributed by atoms with E-state index < -0.39 is 32.4 Å². The third kappa shape index (κ3) is 8.12. The van der Waals surface area contributed by atoms with Gasteiger partial charge in [0, 0.05) is 0 Å². The van der Waals surface area contributed by atoms with Crippen LogP contribution in [0.1, 0.15) is 13.3 Å². The molecule has 0 aromatic heterocycles. The van der Waals surface area contributed by atoms with E-state index in [2.05, 4.69) is 4.18 Å². The van der Waals surface area contributed by atoms with Crippen molar-refractivity contribution in [1.29, 1.82) is 0 Å². The largest absolute Gasteiger partial charge is 0.748 e. The lowest BCUT2D eigenvalue weighted by atomic mass is 10.3. The van der Waals surface area contributed by atoms with E-state index in [1.54, 1.807) is 0 Å². The van der Waals surface area contributed by atoms with Crippen LogP contribution in [0.3, 0.4) is 0 Å². The third-order valence-electron chi connectivity index (χ3n) is 1.10. The molecule has 0 radical (unpaired) electrons. The zero-order chi connectivity index (χ0) is 10.7. The minimum Gasteiger partial charge on any atom is -0.748 e. The molecule has 1 atom stereocenters.